The molecule has 2 aliphatic rings. The van der Waals surface area contributed by atoms with Crippen molar-refractivity contribution in [1.29, 1.82) is 0 Å². The van der Waals surface area contributed by atoms with Crippen molar-refractivity contribution in [3.05, 3.63) is 92.1 Å². The number of benzene rings is 2. The molecule has 2 heterocycles. The summed E-state index contributed by atoms with van der Waals surface area (Å²) in [7, 11) is 3.24. The summed E-state index contributed by atoms with van der Waals surface area (Å²) >= 11 is 0. The third-order valence-electron chi connectivity index (χ3n) is 11.6. The molecule has 20 nitrogen and oxygen atoms in total. The van der Waals surface area contributed by atoms with Crippen molar-refractivity contribution in [2.75, 3.05) is 62.1 Å². The molecular weight excluding hydrogens is 953 g/mol. The van der Waals surface area contributed by atoms with Gasteiger partial charge in [-0.05, 0) is 77.3 Å². The third-order valence-corrected chi connectivity index (χ3v) is 15.1. The SMILES string of the molecule is COC(=O)C(C/C=C/CP(=O)(OC)OC)C/C(C)=C/Cc1c(O)c2c(c(C)c1OC)COC2=O.COc1c(C)c2c(c(O)c1C/C=C(\C)CC(C/C=C/CP(=O)(OC)OC)C(=O)O)C(=O)OC2.O.[Li+].[OH-]. The summed E-state index contributed by atoms with van der Waals surface area (Å²) in [5.41, 5.74) is 5.71. The van der Waals surface area contributed by atoms with Gasteiger partial charge in [0, 0.05) is 50.7 Å². The number of phenolic OH excluding ortho intramolecular Hbond substituents is 2. The number of esters is 3. The van der Waals surface area contributed by atoms with E-state index in [2.05, 4.69) is 0 Å². The van der Waals surface area contributed by atoms with Crippen molar-refractivity contribution in [3.63, 3.8) is 0 Å². The number of cyclic esters (lactones) is 2. The standard InChI is InChI=1S/C24H33O9P.C23H31O9P.Li.2H2O/c1-15(13-17(23(26)30-4)9-7-8-12-34(28,31-5)32-6)10-11-18-21(25)20-19(14-33-24(20)27)16(2)22(18)29-3;1-14(12-16(22(25)26)8-6-7-11-33(28,30-4)31-5)9-10-17-20(24)19-18(13-32-23(19)27)15(2)21(17)29-3;;;/h7-8,10,17,25H,9,11-14H2,1-6H3;6-7,9,16,24H,8,10-13H2,1-5H3,(H,25,26);;2*1H2/q;;+1;;/p-1/b8-7+,15-10+;7-6+,14-9+;;;. The monoisotopic (exact) mass is 1020 g/mol. The molecule has 4 rings (SSSR count). The van der Waals surface area contributed by atoms with Crippen LogP contribution in [0, 0.1) is 25.7 Å². The van der Waals surface area contributed by atoms with Gasteiger partial charge >= 0.3 is 57.9 Å². The first-order chi connectivity index (χ1) is 31.7. The van der Waals surface area contributed by atoms with Crippen LogP contribution in [-0.4, -0.2) is 112 Å². The van der Waals surface area contributed by atoms with Crippen molar-refractivity contribution in [2.24, 2.45) is 11.8 Å². The molecule has 0 aliphatic carbocycles. The van der Waals surface area contributed by atoms with Crippen LogP contribution in [0.3, 0.4) is 0 Å². The number of carboxylic acid groups (broad SMARTS) is 1. The van der Waals surface area contributed by atoms with Crippen molar-refractivity contribution >= 4 is 39.1 Å². The number of carboxylic acids is 1. The van der Waals surface area contributed by atoms with Crippen LogP contribution in [0.4, 0.5) is 0 Å². The number of ether oxygens (including phenoxy) is 5. The number of carbonyl (C=O) groups is 4. The predicted octanol–water partition coefficient (Wildman–Crippen LogP) is 4.87. The first-order valence-corrected chi connectivity index (χ1v) is 24.7. The Hall–Kier alpha value is -4.70. The van der Waals surface area contributed by atoms with E-state index >= 15 is 0 Å². The molecule has 2 aromatic carbocycles. The van der Waals surface area contributed by atoms with E-state index in [0.717, 1.165) is 22.3 Å². The molecule has 0 spiro atoms. The number of aliphatic carboxylic acids is 1. The molecule has 0 fully saturated rings. The van der Waals surface area contributed by atoms with Gasteiger partial charge in [-0.3, -0.25) is 18.7 Å². The van der Waals surface area contributed by atoms with Crippen LogP contribution >= 0.6 is 15.2 Å². The molecular formula is C47H67LiO20P2. The van der Waals surface area contributed by atoms with Crippen molar-refractivity contribution in [1.82, 2.24) is 0 Å². The van der Waals surface area contributed by atoms with E-state index in [0.29, 0.717) is 53.0 Å². The Morgan fingerprint density at radius 1 is 0.657 bits per heavy atom. The summed E-state index contributed by atoms with van der Waals surface area (Å²) in [6.07, 6.45) is 12.4. The second-order valence-corrected chi connectivity index (χ2v) is 20.4. The molecule has 70 heavy (non-hydrogen) atoms. The molecule has 0 saturated heterocycles. The Morgan fingerprint density at radius 3 is 1.34 bits per heavy atom. The Balaban J connectivity index is 0.00000130. The average Bonchev–Trinajstić information content (AvgIpc) is 3.91. The van der Waals surface area contributed by atoms with Crippen LogP contribution < -0.4 is 28.3 Å². The van der Waals surface area contributed by atoms with Gasteiger partial charge < -0.3 is 68.1 Å². The van der Waals surface area contributed by atoms with Crippen molar-refractivity contribution in [3.8, 4) is 23.0 Å². The first kappa shape index (κ1) is 65.3. The van der Waals surface area contributed by atoms with E-state index in [1.54, 1.807) is 31.2 Å². The van der Waals surface area contributed by atoms with Gasteiger partial charge in [-0.25, -0.2) is 9.59 Å². The average molecular weight is 1020 g/mol. The summed E-state index contributed by atoms with van der Waals surface area (Å²) in [4.78, 5) is 48.1. The summed E-state index contributed by atoms with van der Waals surface area (Å²) in [6, 6.07) is 0. The normalized spacial score (nSPS) is 14.2. The molecule has 6 N–H and O–H groups in total. The van der Waals surface area contributed by atoms with Gasteiger partial charge in [-0.1, -0.05) is 47.6 Å². The number of aromatic hydroxyl groups is 2. The molecule has 2 unspecified atom stereocenters. The smallest absolute Gasteiger partial charge is 0.870 e. The van der Waals surface area contributed by atoms with Crippen LogP contribution in [0.25, 0.3) is 0 Å². The molecule has 0 amide bonds. The van der Waals surface area contributed by atoms with Crippen LogP contribution in [-0.2, 0) is 77.1 Å². The molecule has 2 aromatic rings. The Labute approximate surface area is 421 Å². The van der Waals surface area contributed by atoms with Gasteiger partial charge in [0.15, 0.2) is 0 Å². The quantitative estimate of drug-likeness (QED) is 0.0415. The van der Waals surface area contributed by atoms with E-state index in [1.165, 1.54) is 49.8 Å². The molecule has 386 valence electrons. The minimum atomic E-state index is -3.18. The predicted molar refractivity (Wildman–Crippen MR) is 254 cm³/mol. The fourth-order valence-corrected chi connectivity index (χ4v) is 9.34. The van der Waals surface area contributed by atoms with E-state index < -0.39 is 44.9 Å². The minimum absolute atomic E-state index is 0. The van der Waals surface area contributed by atoms with Crippen molar-refractivity contribution < 1.29 is 115 Å². The Kier molecular flexibility index (Phi) is 28.2. The first-order valence-electron chi connectivity index (χ1n) is 21.2. The molecule has 0 saturated carbocycles. The fourth-order valence-electron chi connectivity index (χ4n) is 7.63. The zero-order chi connectivity index (χ0) is 50.2. The third kappa shape index (κ3) is 16.7. The molecule has 0 aromatic heterocycles. The largest absolute Gasteiger partial charge is 1.00 e. The van der Waals surface area contributed by atoms with Gasteiger partial charge in [0.2, 0.25) is 0 Å². The number of phenols is 2. The summed E-state index contributed by atoms with van der Waals surface area (Å²) in [5.74, 6) is -2.90. The maximum Gasteiger partial charge on any atom is 1.00 e. The van der Waals surface area contributed by atoms with Crippen LogP contribution in [0.2, 0.25) is 0 Å². The Morgan fingerprint density at radius 2 is 1.01 bits per heavy atom. The number of hydrogen-bond donors (Lipinski definition) is 3. The fraction of sp³-hybridized carbons (Fsp3) is 0.489. The van der Waals surface area contributed by atoms with E-state index in [1.807, 2.05) is 32.9 Å². The van der Waals surface area contributed by atoms with E-state index in [-0.39, 0.29) is 103 Å². The summed E-state index contributed by atoms with van der Waals surface area (Å²) in [6.45, 7) is 7.51. The molecule has 2 aliphatic heterocycles. The number of hydrogen-bond acceptors (Lipinski definition) is 18. The van der Waals surface area contributed by atoms with Gasteiger partial charge in [0.1, 0.15) is 47.3 Å². The van der Waals surface area contributed by atoms with Gasteiger partial charge in [-0.2, -0.15) is 0 Å². The number of fused-ring (bicyclic) bond motifs is 2. The second-order valence-electron chi connectivity index (χ2n) is 15.7. The van der Waals surface area contributed by atoms with Gasteiger partial charge in [-0.15, -0.1) is 0 Å². The number of carbonyl (C=O) groups excluding carboxylic acids is 3. The maximum absolute atomic E-state index is 12.3. The minimum Gasteiger partial charge on any atom is -0.870 e. The van der Waals surface area contributed by atoms with Crippen LogP contribution in [0.15, 0.2) is 47.6 Å². The number of methoxy groups -OCH3 is 3. The summed E-state index contributed by atoms with van der Waals surface area (Å²) < 4.78 is 69.7. The van der Waals surface area contributed by atoms with Crippen molar-refractivity contribution in [2.45, 2.75) is 79.4 Å². The number of rotatable bonds is 24. The molecule has 23 heteroatoms. The van der Waals surface area contributed by atoms with Crippen LogP contribution in [0.1, 0.15) is 93.6 Å². The van der Waals surface area contributed by atoms with E-state index in [4.69, 9.17) is 41.8 Å². The Bertz CT molecular complexity index is 2360. The van der Waals surface area contributed by atoms with Gasteiger partial charge in [0.05, 0.1) is 45.5 Å². The maximum atomic E-state index is 12.3. The second kappa shape index (κ2) is 30.2. The zero-order valence-electron chi connectivity index (χ0n) is 42.0. The molecule has 2 atom stereocenters. The summed E-state index contributed by atoms with van der Waals surface area (Å²) in [5, 5.41) is 31.0. The van der Waals surface area contributed by atoms with Crippen LogP contribution in [0.5, 0.6) is 23.0 Å². The molecule has 0 bridgehead atoms. The van der Waals surface area contributed by atoms with E-state index in [9.17, 15) is 43.6 Å². The number of allylic oxidation sites excluding steroid dienone is 8. The zero-order valence-corrected chi connectivity index (χ0v) is 43.8. The molecule has 0 radical (unpaired) electrons. The van der Waals surface area contributed by atoms with Gasteiger partial charge in [0.25, 0.3) is 0 Å². The topological polar surface area (TPSA) is 308 Å².